The van der Waals surface area contributed by atoms with Gasteiger partial charge in [-0.3, -0.25) is 4.79 Å². The monoisotopic (exact) mass is 490 g/mol. The first-order valence-corrected chi connectivity index (χ1v) is 12.6. The fourth-order valence-electron chi connectivity index (χ4n) is 3.96. The molecule has 0 spiro atoms. The lowest BCUT2D eigenvalue weighted by Gasteiger charge is -2.23. The number of benzene rings is 3. The number of carbonyl (C=O) groups excluding carboxylic acids is 1. The van der Waals surface area contributed by atoms with Gasteiger partial charge in [-0.2, -0.15) is 4.31 Å². The highest BCUT2D eigenvalue weighted by atomic mass is 32.2. The molecular weight excluding hydrogens is 464 g/mol. The summed E-state index contributed by atoms with van der Waals surface area (Å²) in [5.74, 6) is -0.744. The maximum Gasteiger partial charge on any atom is 0.339 e. The van der Waals surface area contributed by atoms with E-state index < -0.39 is 16.0 Å². The Labute approximate surface area is 204 Å². The summed E-state index contributed by atoms with van der Waals surface area (Å²) >= 11 is 0. The van der Waals surface area contributed by atoms with Gasteiger partial charge in [-0.25, -0.2) is 13.2 Å². The van der Waals surface area contributed by atoms with Crippen molar-refractivity contribution in [3.63, 3.8) is 0 Å². The number of nitrogens with one attached hydrogen (secondary N) is 1. The number of pyridine rings is 1. The molecule has 1 N–H and O–H groups in total. The van der Waals surface area contributed by atoms with Crippen LogP contribution < -0.4 is 5.56 Å². The molecule has 0 saturated carbocycles. The van der Waals surface area contributed by atoms with Crippen LogP contribution >= 0.6 is 0 Å². The van der Waals surface area contributed by atoms with Gasteiger partial charge in [0.2, 0.25) is 10.0 Å². The SMILES string of the molecule is COC(=O)c1ccccc1S(=O)(=O)N(CCc1ccccc1)Cc1cc2ccc(C)cc2[nH]c1=O. The summed E-state index contributed by atoms with van der Waals surface area (Å²) in [5, 5.41) is 0.806. The van der Waals surface area contributed by atoms with E-state index in [0.29, 0.717) is 17.5 Å². The minimum Gasteiger partial charge on any atom is -0.465 e. The van der Waals surface area contributed by atoms with Gasteiger partial charge >= 0.3 is 5.97 Å². The van der Waals surface area contributed by atoms with Crippen molar-refractivity contribution in [3.05, 3.63) is 111 Å². The van der Waals surface area contributed by atoms with Gasteiger partial charge in [0.15, 0.2) is 0 Å². The minimum atomic E-state index is -4.15. The van der Waals surface area contributed by atoms with E-state index in [9.17, 15) is 18.0 Å². The van der Waals surface area contributed by atoms with Crippen LogP contribution in [-0.4, -0.2) is 37.3 Å². The summed E-state index contributed by atoms with van der Waals surface area (Å²) in [4.78, 5) is 27.9. The van der Waals surface area contributed by atoms with Gasteiger partial charge in [-0.1, -0.05) is 54.6 Å². The second-order valence-electron chi connectivity index (χ2n) is 8.28. The molecule has 0 aliphatic rings. The summed E-state index contributed by atoms with van der Waals surface area (Å²) in [6.45, 7) is 1.90. The molecule has 0 fully saturated rings. The molecule has 4 aromatic rings. The fourth-order valence-corrected chi connectivity index (χ4v) is 5.56. The lowest BCUT2D eigenvalue weighted by atomic mass is 10.1. The molecular formula is C27H26N2O5S. The zero-order valence-electron chi connectivity index (χ0n) is 19.5. The van der Waals surface area contributed by atoms with Crippen molar-refractivity contribution < 1.29 is 17.9 Å². The van der Waals surface area contributed by atoms with E-state index in [1.54, 1.807) is 18.2 Å². The van der Waals surface area contributed by atoms with Crippen LogP contribution in [0, 0.1) is 6.92 Å². The highest BCUT2D eigenvalue weighted by Gasteiger charge is 2.30. The van der Waals surface area contributed by atoms with Crippen LogP contribution in [0.3, 0.4) is 0 Å². The lowest BCUT2D eigenvalue weighted by Crippen LogP contribution is -2.35. The van der Waals surface area contributed by atoms with Gasteiger partial charge in [-0.05, 0) is 54.1 Å². The van der Waals surface area contributed by atoms with Crippen molar-refractivity contribution in [3.8, 4) is 0 Å². The maximum absolute atomic E-state index is 13.8. The van der Waals surface area contributed by atoms with Gasteiger partial charge in [0.05, 0.1) is 17.6 Å². The first kappa shape index (κ1) is 24.4. The number of fused-ring (bicyclic) bond motifs is 1. The quantitative estimate of drug-likeness (QED) is 0.376. The van der Waals surface area contributed by atoms with Crippen molar-refractivity contribution in [1.82, 2.24) is 9.29 Å². The Morgan fingerprint density at radius 2 is 1.69 bits per heavy atom. The standard InChI is InChI=1S/C27H26N2O5S/c1-19-12-13-21-17-22(26(30)28-24(21)16-19)18-29(15-14-20-8-4-3-5-9-20)35(32,33)25-11-7-6-10-23(25)27(31)34-2/h3-13,16-17H,14-15,18H2,1-2H3,(H,28,30). The summed E-state index contributed by atoms with van der Waals surface area (Å²) in [5.41, 5.74) is 2.55. The number of hydrogen-bond donors (Lipinski definition) is 1. The lowest BCUT2D eigenvalue weighted by molar-refractivity contribution is 0.0596. The van der Waals surface area contributed by atoms with Gasteiger partial charge < -0.3 is 9.72 Å². The van der Waals surface area contributed by atoms with Crippen LogP contribution in [0.25, 0.3) is 10.9 Å². The number of aryl methyl sites for hydroxylation is 1. The Balaban J connectivity index is 1.77. The number of carbonyl (C=O) groups is 1. The van der Waals surface area contributed by atoms with Gasteiger partial charge in [-0.15, -0.1) is 0 Å². The third-order valence-electron chi connectivity index (χ3n) is 5.83. The molecule has 0 aliphatic heterocycles. The minimum absolute atomic E-state index is 0.0531. The number of ether oxygens (including phenoxy) is 1. The molecule has 0 unspecified atom stereocenters. The number of esters is 1. The Kier molecular flexibility index (Phi) is 7.14. The largest absolute Gasteiger partial charge is 0.465 e. The number of aromatic amines is 1. The molecule has 4 rings (SSSR count). The summed E-state index contributed by atoms with van der Waals surface area (Å²) in [7, 11) is -2.95. The van der Waals surface area contributed by atoms with E-state index in [-0.39, 0.29) is 29.1 Å². The topological polar surface area (TPSA) is 96.5 Å². The van der Waals surface area contributed by atoms with Crippen LogP contribution in [0.15, 0.2) is 88.6 Å². The molecule has 8 heteroatoms. The third kappa shape index (κ3) is 5.34. The number of hydrogen-bond acceptors (Lipinski definition) is 5. The van der Waals surface area contributed by atoms with Crippen molar-refractivity contribution in [1.29, 1.82) is 0 Å². The molecule has 0 amide bonds. The Morgan fingerprint density at radius 1 is 0.971 bits per heavy atom. The highest BCUT2D eigenvalue weighted by Crippen LogP contribution is 2.24. The second kappa shape index (κ2) is 10.2. The molecule has 1 heterocycles. The van der Waals surface area contributed by atoms with Crippen LogP contribution in [0.2, 0.25) is 0 Å². The molecule has 0 saturated heterocycles. The maximum atomic E-state index is 13.8. The smallest absolute Gasteiger partial charge is 0.339 e. The number of H-pyrrole nitrogens is 1. The van der Waals surface area contributed by atoms with Crippen LogP contribution in [-0.2, 0) is 27.7 Å². The van der Waals surface area contributed by atoms with E-state index >= 15 is 0 Å². The van der Waals surface area contributed by atoms with E-state index in [1.165, 1.54) is 23.5 Å². The average Bonchev–Trinajstić information content (AvgIpc) is 2.86. The highest BCUT2D eigenvalue weighted by molar-refractivity contribution is 7.89. The van der Waals surface area contributed by atoms with E-state index in [1.807, 2.05) is 55.5 Å². The zero-order chi connectivity index (χ0) is 25.0. The molecule has 0 atom stereocenters. The van der Waals surface area contributed by atoms with Crippen LogP contribution in [0.1, 0.15) is 27.0 Å². The van der Waals surface area contributed by atoms with Gasteiger partial charge in [0.1, 0.15) is 0 Å². The van der Waals surface area contributed by atoms with Crippen LogP contribution in [0.5, 0.6) is 0 Å². The van der Waals surface area contributed by atoms with Crippen molar-refractivity contribution in [2.24, 2.45) is 0 Å². The Hall–Kier alpha value is -3.75. The molecule has 0 bridgehead atoms. The molecule has 3 aromatic carbocycles. The third-order valence-corrected chi connectivity index (χ3v) is 7.73. The van der Waals surface area contributed by atoms with Crippen molar-refractivity contribution in [2.75, 3.05) is 13.7 Å². The average molecular weight is 491 g/mol. The zero-order valence-corrected chi connectivity index (χ0v) is 20.3. The molecule has 7 nitrogen and oxygen atoms in total. The Bertz CT molecular complexity index is 1530. The normalized spacial score (nSPS) is 11.6. The number of nitrogens with zero attached hydrogens (tertiary/aromatic N) is 1. The summed E-state index contributed by atoms with van der Waals surface area (Å²) in [6, 6.07) is 22.8. The second-order valence-corrected chi connectivity index (χ2v) is 10.2. The van der Waals surface area contributed by atoms with Crippen molar-refractivity contribution >= 4 is 26.9 Å². The number of sulfonamides is 1. The van der Waals surface area contributed by atoms with E-state index in [4.69, 9.17) is 4.74 Å². The summed E-state index contributed by atoms with van der Waals surface area (Å²) in [6.07, 6.45) is 0.436. The molecule has 1 aromatic heterocycles. The molecule has 0 radical (unpaired) electrons. The molecule has 35 heavy (non-hydrogen) atoms. The van der Waals surface area contributed by atoms with Gasteiger partial charge in [0, 0.05) is 24.2 Å². The van der Waals surface area contributed by atoms with E-state index in [0.717, 1.165) is 16.5 Å². The number of rotatable bonds is 8. The van der Waals surface area contributed by atoms with Crippen LogP contribution in [0.4, 0.5) is 0 Å². The molecule has 0 aliphatic carbocycles. The predicted molar refractivity (Wildman–Crippen MR) is 135 cm³/mol. The first-order valence-electron chi connectivity index (χ1n) is 11.1. The van der Waals surface area contributed by atoms with Crippen molar-refractivity contribution in [2.45, 2.75) is 24.8 Å². The first-order chi connectivity index (χ1) is 16.8. The van der Waals surface area contributed by atoms with Gasteiger partial charge in [0.25, 0.3) is 5.56 Å². The Morgan fingerprint density at radius 3 is 2.43 bits per heavy atom. The molecule has 180 valence electrons. The predicted octanol–water partition coefficient (Wildman–Crippen LogP) is 4.06. The number of aromatic nitrogens is 1. The number of methoxy groups -OCH3 is 1. The van der Waals surface area contributed by atoms with E-state index in [2.05, 4.69) is 4.98 Å². The summed E-state index contributed by atoms with van der Waals surface area (Å²) < 4.78 is 33.7. The fraction of sp³-hybridized carbons (Fsp3) is 0.185.